The topological polar surface area (TPSA) is 177 Å². The van der Waals surface area contributed by atoms with Crippen molar-refractivity contribution >= 4 is 60.7 Å². The molecule has 0 amide bonds. The predicted molar refractivity (Wildman–Crippen MR) is 294 cm³/mol. The second kappa shape index (κ2) is 29.6. The zero-order chi connectivity index (χ0) is 51.8. The Labute approximate surface area is 444 Å². The van der Waals surface area contributed by atoms with Crippen LogP contribution >= 0.6 is 31.9 Å². The fourth-order valence-electron chi connectivity index (χ4n) is 8.58. The molecule has 3 aliphatic carbocycles. The summed E-state index contributed by atoms with van der Waals surface area (Å²) in [4.78, 5) is 69.3. The Bertz CT molecular complexity index is 3140. The molecule has 10 rings (SSSR count). The van der Waals surface area contributed by atoms with Crippen LogP contribution in [-0.4, -0.2) is 52.1 Å². The molecule has 0 aromatic carbocycles. The number of hydrogen-bond donors (Lipinski definition) is 1. The lowest BCUT2D eigenvalue weighted by molar-refractivity contribution is -0.152. The van der Waals surface area contributed by atoms with Crippen molar-refractivity contribution in [3.63, 3.8) is 0 Å². The first-order chi connectivity index (χ1) is 35.5. The van der Waals surface area contributed by atoms with Crippen LogP contribution in [0.5, 0.6) is 0 Å². The summed E-state index contributed by atoms with van der Waals surface area (Å²) in [5.74, 6) is 8.56. The standard InChI is InChI=1S/C21H19N3O.C14H15BrN2O.C11H18O3.C7H5N.C5H5BrN2/c25-21-18-5-3-1-2-4-6-19(18)23-20-15-17(11-14-24(20)21)8-7-16-9-12-22-13-10-16;15-10-7-8-17-13(9-10)16-12-6-4-2-1-3-5-11(12)14(17)18;1-2-14-11(13)9-7-5-3-4-6-8-10(9)12;1-2-7-3-5-8-6-4-7;6-4-1-2-8-5(7)3-4/h9-15H,1-6H2;7-9H,1-6H2;9H,2-8H2,1H3;1,3-6H;1-3H,(H2,7,8). The number of nitrogens with zero attached hydrogens (tertiary/aromatic N) is 7. The van der Waals surface area contributed by atoms with Gasteiger partial charge in [-0.25, -0.2) is 15.0 Å². The summed E-state index contributed by atoms with van der Waals surface area (Å²) >= 11 is 6.67. The van der Waals surface area contributed by atoms with Crippen molar-refractivity contribution in [1.29, 1.82) is 0 Å². The summed E-state index contributed by atoms with van der Waals surface area (Å²) in [6, 6.07) is 18.5. The van der Waals surface area contributed by atoms with Crippen LogP contribution in [0.2, 0.25) is 0 Å². The number of anilines is 1. The van der Waals surface area contributed by atoms with Gasteiger partial charge >= 0.3 is 5.97 Å². The van der Waals surface area contributed by atoms with Crippen LogP contribution in [-0.2, 0) is 40.0 Å². The van der Waals surface area contributed by atoms with Crippen molar-refractivity contribution in [2.24, 2.45) is 5.92 Å². The molecule has 0 spiro atoms. The molecule has 1 atom stereocenters. The Morgan fingerprint density at radius 3 is 1.67 bits per heavy atom. The molecule has 3 aliphatic rings. The number of aromatic nitrogens is 7. The van der Waals surface area contributed by atoms with Gasteiger partial charge in [0, 0.05) is 86.6 Å². The molecule has 1 unspecified atom stereocenters. The molecule has 7 aromatic rings. The number of Topliss-reactive ketones (excluding diaryl/α,β-unsaturated/α-hetero) is 1. The molecule has 0 bridgehead atoms. The first-order valence-corrected chi connectivity index (χ1v) is 26.7. The van der Waals surface area contributed by atoms with Gasteiger partial charge in [-0.3, -0.25) is 37.9 Å². The number of aryl methyl sites for hydroxylation is 2. The monoisotopic (exact) mass is 1110 g/mol. The van der Waals surface area contributed by atoms with E-state index in [1.165, 1.54) is 25.7 Å². The lowest BCUT2D eigenvalue weighted by Crippen LogP contribution is -2.27. The van der Waals surface area contributed by atoms with E-state index in [0.29, 0.717) is 30.9 Å². The number of halogens is 2. The Morgan fingerprint density at radius 2 is 1.14 bits per heavy atom. The molecular formula is C58H62Br2N8O5. The molecule has 0 radical (unpaired) electrons. The molecule has 0 saturated heterocycles. The molecule has 2 N–H and O–H groups in total. The van der Waals surface area contributed by atoms with Gasteiger partial charge in [-0.1, -0.05) is 94.6 Å². The minimum atomic E-state index is -0.477. The van der Waals surface area contributed by atoms with E-state index >= 15 is 0 Å². The number of fused-ring (bicyclic) bond motifs is 4. The van der Waals surface area contributed by atoms with Gasteiger partial charge in [-0.2, -0.15) is 0 Å². The number of nitrogens with two attached hydrogens (primary N) is 1. The van der Waals surface area contributed by atoms with Gasteiger partial charge in [0.25, 0.3) is 11.1 Å². The molecule has 13 nitrogen and oxygen atoms in total. The zero-order valence-corrected chi connectivity index (χ0v) is 44.6. The number of ketones is 1. The van der Waals surface area contributed by atoms with Crippen LogP contribution in [0.3, 0.4) is 0 Å². The number of nitrogen functional groups attached to an aromatic ring is 1. The number of rotatable bonds is 2. The second-order valence-electron chi connectivity index (χ2n) is 17.7. The number of ether oxygens (including phenoxy) is 1. The molecule has 73 heavy (non-hydrogen) atoms. The molecule has 7 aromatic heterocycles. The van der Waals surface area contributed by atoms with Gasteiger partial charge in [0.05, 0.1) is 18.0 Å². The van der Waals surface area contributed by atoms with Gasteiger partial charge < -0.3 is 10.5 Å². The van der Waals surface area contributed by atoms with Gasteiger partial charge in [0.2, 0.25) is 0 Å². The molecule has 15 heteroatoms. The third-order valence-corrected chi connectivity index (χ3v) is 13.4. The van der Waals surface area contributed by atoms with Crippen molar-refractivity contribution < 1.29 is 14.3 Å². The second-order valence-corrected chi connectivity index (χ2v) is 19.5. The van der Waals surface area contributed by atoms with E-state index in [0.717, 1.165) is 131 Å². The fraction of sp³-hybridized carbons (Fsp3) is 0.362. The van der Waals surface area contributed by atoms with Gasteiger partial charge in [0.1, 0.15) is 28.8 Å². The van der Waals surface area contributed by atoms with E-state index in [4.69, 9.17) is 21.9 Å². The maximum absolute atomic E-state index is 12.8. The number of carbonyl (C=O) groups excluding carboxylic acids is 2. The summed E-state index contributed by atoms with van der Waals surface area (Å²) in [6.45, 7) is 2.13. The van der Waals surface area contributed by atoms with Crippen molar-refractivity contribution in [1.82, 2.24) is 33.7 Å². The van der Waals surface area contributed by atoms with E-state index < -0.39 is 5.92 Å². The molecule has 378 valence electrons. The van der Waals surface area contributed by atoms with Crippen LogP contribution in [0.1, 0.15) is 136 Å². The largest absolute Gasteiger partial charge is 0.465 e. The van der Waals surface area contributed by atoms with Crippen LogP contribution < -0.4 is 16.9 Å². The highest BCUT2D eigenvalue weighted by molar-refractivity contribution is 9.10. The van der Waals surface area contributed by atoms with E-state index in [-0.39, 0.29) is 22.9 Å². The summed E-state index contributed by atoms with van der Waals surface area (Å²) in [5.41, 5.74) is 13.4. The first kappa shape index (κ1) is 55.5. The van der Waals surface area contributed by atoms with Crippen molar-refractivity contribution in [2.45, 2.75) is 122 Å². The lowest BCUT2D eigenvalue weighted by Gasteiger charge is -2.16. The fourth-order valence-corrected chi connectivity index (χ4v) is 9.26. The van der Waals surface area contributed by atoms with E-state index in [9.17, 15) is 19.2 Å². The Kier molecular flexibility index (Phi) is 22.5. The molecule has 7 heterocycles. The minimum Gasteiger partial charge on any atom is -0.465 e. The first-order valence-electron chi connectivity index (χ1n) is 25.1. The van der Waals surface area contributed by atoms with Crippen LogP contribution in [0.4, 0.5) is 5.82 Å². The summed E-state index contributed by atoms with van der Waals surface area (Å²) in [5, 5.41) is 0. The highest BCUT2D eigenvalue weighted by Crippen LogP contribution is 2.22. The molecular weight excluding hydrogens is 1050 g/mol. The van der Waals surface area contributed by atoms with Crippen molar-refractivity contribution in [2.75, 3.05) is 12.3 Å². The Balaban J connectivity index is 0.000000159. The maximum Gasteiger partial charge on any atom is 0.316 e. The molecule has 0 aliphatic heterocycles. The average molecular weight is 1110 g/mol. The number of pyridine rings is 5. The highest BCUT2D eigenvalue weighted by atomic mass is 79.9. The maximum atomic E-state index is 12.8. The SMILES string of the molecule is C#Cc1ccncc1.CCOC(=O)C1CCCCCCC1=O.Nc1cc(Br)ccn1.O=c1c2c(nc3cc(Br)ccn13)CCCCCC2.O=c1c2c(nc3cc(C#Cc4ccncc4)ccn13)CCCCCC2. The highest BCUT2D eigenvalue weighted by Gasteiger charge is 2.27. The van der Waals surface area contributed by atoms with Crippen LogP contribution in [0.25, 0.3) is 11.3 Å². The summed E-state index contributed by atoms with van der Waals surface area (Å²) in [6.07, 6.45) is 35.3. The normalized spacial score (nSPS) is 15.2. The van der Waals surface area contributed by atoms with Crippen LogP contribution in [0.15, 0.2) is 123 Å². The third kappa shape index (κ3) is 17.4. The number of esters is 1. The summed E-state index contributed by atoms with van der Waals surface area (Å²) < 4.78 is 10.1. The summed E-state index contributed by atoms with van der Waals surface area (Å²) in [7, 11) is 0. The molecule has 1 fully saturated rings. The predicted octanol–water partition coefficient (Wildman–Crippen LogP) is 10.8. The van der Waals surface area contributed by atoms with Gasteiger partial charge in [0.15, 0.2) is 0 Å². The van der Waals surface area contributed by atoms with Crippen LogP contribution in [0, 0.1) is 30.1 Å². The number of carbonyl (C=O) groups is 2. The smallest absolute Gasteiger partial charge is 0.316 e. The lowest BCUT2D eigenvalue weighted by atomic mass is 9.90. The van der Waals surface area contributed by atoms with Crippen molar-refractivity contribution in [3.05, 3.63) is 173 Å². The van der Waals surface area contributed by atoms with E-state index in [1.54, 1.807) is 77.3 Å². The quantitative estimate of drug-likeness (QED) is 0.0990. The Hall–Kier alpha value is -6.81. The number of hydrogen-bond acceptors (Lipinski definition) is 11. The third-order valence-electron chi connectivity index (χ3n) is 12.4. The van der Waals surface area contributed by atoms with E-state index in [2.05, 4.69) is 69.6 Å². The van der Waals surface area contributed by atoms with Gasteiger partial charge in [-0.15, -0.1) is 6.42 Å². The van der Waals surface area contributed by atoms with E-state index in [1.807, 2.05) is 42.5 Å². The van der Waals surface area contributed by atoms with Gasteiger partial charge in [-0.05, 0) is 132 Å². The Morgan fingerprint density at radius 1 is 0.630 bits per heavy atom. The minimum absolute atomic E-state index is 0.0724. The molecule has 1 saturated carbocycles. The van der Waals surface area contributed by atoms with Crippen molar-refractivity contribution in [3.8, 4) is 24.2 Å². The number of terminal acetylenes is 1. The average Bonchev–Trinajstić information content (AvgIpc) is 3.37. The zero-order valence-electron chi connectivity index (χ0n) is 41.4.